The summed E-state index contributed by atoms with van der Waals surface area (Å²) in [5, 5.41) is 5.65. The molecule has 0 saturated carbocycles. The van der Waals surface area contributed by atoms with Gasteiger partial charge in [-0.25, -0.2) is 13.4 Å². The number of hydrogen-bond donors (Lipinski definition) is 1. The van der Waals surface area contributed by atoms with E-state index in [1.165, 1.54) is 23.5 Å². The third-order valence-electron chi connectivity index (χ3n) is 3.67. The quantitative estimate of drug-likeness (QED) is 0.603. The molecule has 1 aromatic heterocycles. The van der Waals surface area contributed by atoms with Crippen LogP contribution in [0.2, 0.25) is 5.02 Å². The van der Waals surface area contributed by atoms with Crippen LogP contribution in [0, 0.1) is 0 Å². The first-order chi connectivity index (χ1) is 13.3. The average Bonchev–Trinajstić information content (AvgIpc) is 3.10. The fraction of sp³-hybridized carbons (Fsp3) is 0.111. The predicted octanol–water partition coefficient (Wildman–Crippen LogP) is 4.64. The van der Waals surface area contributed by atoms with Crippen LogP contribution < -0.4 is 5.32 Å². The van der Waals surface area contributed by atoms with Gasteiger partial charge < -0.3 is 5.32 Å². The molecule has 1 amide bonds. The average molecular weight is 443 g/mol. The highest BCUT2D eigenvalue weighted by molar-refractivity contribution is 7.91. The zero-order valence-corrected chi connectivity index (χ0v) is 16.5. The van der Waals surface area contributed by atoms with Gasteiger partial charge in [-0.1, -0.05) is 23.7 Å². The van der Waals surface area contributed by atoms with E-state index < -0.39 is 20.5 Å². The van der Waals surface area contributed by atoms with Gasteiger partial charge in [-0.05, 0) is 36.4 Å². The van der Waals surface area contributed by atoms with Crippen molar-refractivity contribution in [2.45, 2.75) is 17.1 Å². The van der Waals surface area contributed by atoms with Crippen LogP contribution in [0.1, 0.15) is 5.69 Å². The van der Waals surface area contributed by atoms with Crippen molar-refractivity contribution in [1.29, 1.82) is 0 Å². The summed E-state index contributed by atoms with van der Waals surface area (Å²) >= 11 is 7.35. The second-order valence-electron chi connectivity index (χ2n) is 5.71. The Hall–Kier alpha value is -2.36. The van der Waals surface area contributed by atoms with Crippen molar-refractivity contribution in [3.63, 3.8) is 0 Å². The first kappa shape index (κ1) is 20.4. The molecule has 1 heterocycles. The van der Waals surface area contributed by atoms with Crippen molar-refractivity contribution in [3.8, 4) is 10.6 Å². The number of benzene rings is 2. The van der Waals surface area contributed by atoms with Crippen LogP contribution in [0.3, 0.4) is 0 Å². The molecule has 0 aliphatic rings. The van der Waals surface area contributed by atoms with Gasteiger partial charge in [0.05, 0.1) is 17.0 Å². The molecule has 3 rings (SSSR count). The third-order valence-corrected chi connectivity index (χ3v) is 6.24. The number of thiazole rings is 1. The van der Waals surface area contributed by atoms with E-state index >= 15 is 0 Å². The van der Waals surface area contributed by atoms with E-state index in [1.54, 1.807) is 17.5 Å². The summed E-state index contributed by atoms with van der Waals surface area (Å²) < 4.78 is 47.8. The smallest absolute Gasteiger partial charge is 0.326 e. The number of amides is 1. The van der Waals surface area contributed by atoms with Gasteiger partial charge in [0.2, 0.25) is 15.7 Å². The van der Waals surface area contributed by atoms with Crippen molar-refractivity contribution < 1.29 is 22.0 Å². The number of alkyl halides is 2. The van der Waals surface area contributed by atoms with Crippen LogP contribution >= 0.6 is 22.9 Å². The van der Waals surface area contributed by atoms with E-state index in [9.17, 15) is 22.0 Å². The molecule has 0 radical (unpaired) electrons. The lowest BCUT2D eigenvalue weighted by atomic mass is 10.2. The van der Waals surface area contributed by atoms with Gasteiger partial charge in [0.25, 0.3) is 0 Å². The Morgan fingerprint density at radius 1 is 1.18 bits per heavy atom. The summed E-state index contributed by atoms with van der Waals surface area (Å²) in [5.74, 6) is -3.86. The topological polar surface area (TPSA) is 76.1 Å². The van der Waals surface area contributed by atoms with E-state index in [1.807, 2.05) is 12.1 Å². The maximum atomic E-state index is 12.5. The van der Waals surface area contributed by atoms with Crippen molar-refractivity contribution in [2.24, 2.45) is 0 Å². The number of halogens is 3. The maximum Gasteiger partial charge on any atom is 0.341 e. The SMILES string of the molecule is O=C(Cc1csc(-c2cccc(Cl)c2)n1)Nc1ccc(S(=O)(=O)C(F)F)cc1. The lowest BCUT2D eigenvalue weighted by Crippen LogP contribution is -2.15. The van der Waals surface area contributed by atoms with E-state index in [0.717, 1.165) is 22.7 Å². The molecular weight excluding hydrogens is 430 g/mol. The van der Waals surface area contributed by atoms with Gasteiger partial charge in [0.15, 0.2) is 0 Å². The summed E-state index contributed by atoms with van der Waals surface area (Å²) in [6.07, 6.45) is 0.00809. The molecular formula is C18H13ClF2N2O3S2. The Bertz CT molecular complexity index is 1100. The molecule has 0 aliphatic carbocycles. The number of hydrogen-bond acceptors (Lipinski definition) is 5. The summed E-state index contributed by atoms with van der Waals surface area (Å²) in [6, 6.07) is 11.8. The molecule has 0 fully saturated rings. The number of rotatable bonds is 6. The number of nitrogens with one attached hydrogen (secondary N) is 1. The second kappa shape index (κ2) is 8.34. The highest BCUT2D eigenvalue weighted by Crippen LogP contribution is 2.26. The minimum Gasteiger partial charge on any atom is -0.326 e. The Morgan fingerprint density at radius 2 is 1.89 bits per heavy atom. The molecule has 5 nitrogen and oxygen atoms in total. The molecule has 3 aromatic rings. The van der Waals surface area contributed by atoms with E-state index in [4.69, 9.17) is 11.6 Å². The molecule has 2 aromatic carbocycles. The van der Waals surface area contributed by atoms with Crippen LogP contribution in [0.5, 0.6) is 0 Å². The molecule has 0 unspecified atom stereocenters. The molecule has 0 atom stereocenters. The van der Waals surface area contributed by atoms with Crippen molar-refractivity contribution >= 4 is 44.4 Å². The molecule has 0 aliphatic heterocycles. The molecule has 28 heavy (non-hydrogen) atoms. The van der Waals surface area contributed by atoms with E-state index in [0.29, 0.717) is 16.4 Å². The lowest BCUT2D eigenvalue weighted by Gasteiger charge is -2.06. The maximum absolute atomic E-state index is 12.5. The standard InChI is InChI=1S/C18H13ClF2N2O3S2/c19-12-3-1-2-11(8-12)17-23-14(10-27-17)9-16(24)22-13-4-6-15(7-5-13)28(25,26)18(20)21/h1-8,10,18H,9H2,(H,22,24). The van der Waals surface area contributed by atoms with Gasteiger partial charge in [-0.15, -0.1) is 11.3 Å². The molecule has 146 valence electrons. The van der Waals surface area contributed by atoms with Crippen LogP contribution in [0.15, 0.2) is 58.8 Å². The van der Waals surface area contributed by atoms with Crippen molar-refractivity contribution in [2.75, 3.05) is 5.32 Å². The number of sulfone groups is 1. The summed E-state index contributed by atoms with van der Waals surface area (Å²) in [5.41, 5.74) is 1.71. The summed E-state index contributed by atoms with van der Waals surface area (Å²) in [4.78, 5) is 16.1. The highest BCUT2D eigenvalue weighted by Gasteiger charge is 2.26. The lowest BCUT2D eigenvalue weighted by molar-refractivity contribution is -0.115. The minimum atomic E-state index is -4.66. The molecule has 0 spiro atoms. The number of aromatic nitrogens is 1. The Labute approximate surface area is 168 Å². The first-order valence-electron chi connectivity index (χ1n) is 7.88. The van der Waals surface area contributed by atoms with Crippen LogP contribution in [0.25, 0.3) is 10.6 Å². The Kier molecular flexibility index (Phi) is 6.07. The highest BCUT2D eigenvalue weighted by atomic mass is 35.5. The van der Waals surface area contributed by atoms with Crippen LogP contribution in [0.4, 0.5) is 14.5 Å². The third kappa shape index (κ3) is 4.73. The summed E-state index contributed by atoms with van der Waals surface area (Å²) in [6.45, 7) is 0. The zero-order valence-electron chi connectivity index (χ0n) is 14.1. The second-order valence-corrected chi connectivity index (χ2v) is 8.92. The number of carbonyl (C=O) groups excluding carboxylic acids is 1. The van der Waals surface area contributed by atoms with Gasteiger partial charge >= 0.3 is 5.76 Å². The predicted molar refractivity (Wildman–Crippen MR) is 105 cm³/mol. The fourth-order valence-corrected chi connectivity index (χ4v) is 4.07. The van der Waals surface area contributed by atoms with Crippen LogP contribution in [-0.4, -0.2) is 25.1 Å². The molecule has 0 saturated heterocycles. The fourth-order valence-electron chi connectivity index (χ4n) is 2.34. The van der Waals surface area contributed by atoms with E-state index in [-0.39, 0.29) is 12.3 Å². The van der Waals surface area contributed by atoms with Crippen molar-refractivity contribution in [3.05, 3.63) is 64.6 Å². The monoisotopic (exact) mass is 442 g/mol. The number of carbonyl (C=O) groups is 1. The number of anilines is 1. The van der Waals surface area contributed by atoms with Gasteiger partial charge in [-0.2, -0.15) is 8.78 Å². The Balaban J connectivity index is 1.65. The normalized spacial score (nSPS) is 11.6. The van der Waals surface area contributed by atoms with Gasteiger partial charge in [0, 0.05) is 21.7 Å². The molecule has 10 heteroatoms. The first-order valence-corrected chi connectivity index (χ1v) is 10.7. The zero-order chi connectivity index (χ0) is 20.3. The van der Waals surface area contributed by atoms with Crippen molar-refractivity contribution in [1.82, 2.24) is 4.98 Å². The molecule has 1 N–H and O–H groups in total. The van der Waals surface area contributed by atoms with E-state index in [2.05, 4.69) is 10.3 Å². The van der Waals surface area contributed by atoms with Crippen LogP contribution in [-0.2, 0) is 21.1 Å². The Morgan fingerprint density at radius 3 is 2.54 bits per heavy atom. The summed E-state index contributed by atoms with van der Waals surface area (Å²) in [7, 11) is -4.66. The van der Waals surface area contributed by atoms with Gasteiger partial charge in [0.1, 0.15) is 5.01 Å². The van der Waals surface area contributed by atoms with Gasteiger partial charge in [-0.3, -0.25) is 4.79 Å². The molecule has 0 bridgehead atoms. The largest absolute Gasteiger partial charge is 0.341 e. The number of nitrogens with zero attached hydrogens (tertiary/aromatic N) is 1. The minimum absolute atomic E-state index is 0.00809.